The highest BCUT2D eigenvalue weighted by Gasteiger charge is 2.23. The van der Waals surface area contributed by atoms with Gasteiger partial charge in [-0.05, 0) is 43.7 Å². The predicted molar refractivity (Wildman–Crippen MR) is 83.8 cm³/mol. The molecule has 0 aliphatic rings. The molecule has 0 N–H and O–H groups in total. The molecular weight excluding hydrogens is 276 g/mol. The quantitative estimate of drug-likeness (QED) is 0.719. The summed E-state index contributed by atoms with van der Waals surface area (Å²) < 4.78 is 7.34. The van der Waals surface area contributed by atoms with E-state index in [1.807, 2.05) is 63.2 Å². The molecule has 0 bridgehead atoms. The normalized spacial score (nSPS) is 11.4. The number of nitrogens with zero attached hydrogens (tertiary/aromatic N) is 4. The van der Waals surface area contributed by atoms with Crippen LogP contribution in [0.1, 0.15) is 26.5 Å². The van der Waals surface area contributed by atoms with E-state index in [4.69, 9.17) is 4.74 Å². The summed E-state index contributed by atoms with van der Waals surface area (Å²) in [5.74, 6) is 0.865. The van der Waals surface area contributed by atoms with Gasteiger partial charge in [0.05, 0.1) is 5.54 Å². The van der Waals surface area contributed by atoms with E-state index in [1.165, 1.54) is 0 Å². The van der Waals surface area contributed by atoms with Crippen LogP contribution in [0.4, 0.5) is 0 Å². The third kappa shape index (κ3) is 2.51. The van der Waals surface area contributed by atoms with Crippen molar-refractivity contribution < 1.29 is 4.74 Å². The van der Waals surface area contributed by atoms with Crippen LogP contribution in [0.15, 0.2) is 42.5 Å². The van der Waals surface area contributed by atoms with Gasteiger partial charge in [-0.25, -0.2) is 4.68 Å². The van der Waals surface area contributed by atoms with E-state index < -0.39 is 0 Å². The lowest BCUT2D eigenvalue weighted by Crippen LogP contribution is -2.24. The van der Waals surface area contributed by atoms with E-state index in [1.54, 1.807) is 4.68 Å². The Labute approximate surface area is 128 Å². The standard InChI is InChI=1S/C17H16N4O/c1-17(2,3)21-15(11-18)16(19-20-21)22-14-9-8-12-6-4-5-7-13(12)10-14/h4-10H,1-3H3. The molecule has 5 heteroatoms. The molecule has 0 amide bonds. The van der Waals surface area contributed by atoms with Crippen LogP contribution in [-0.4, -0.2) is 15.0 Å². The van der Waals surface area contributed by atoms with Gasteiger partial charge in [-0.3, -0.25) is 0 Å². The van der Waals surface area contributed by atoms with Crippen LogP contribution >= 0.6 is 0 Å². The average Bonchev–Trinajstić information content (AvgIpc) is 2.90. The number of aromatic nitrogens is 3. The Morgan fingerprint density at radius 3 is 2.50 bits per heavy atom. The second-order valence-corrected chi connectivity index (χ2v) is 6.05. The molecular formula is C17H16N4O. The molecule has 0 saturated carbocycles. The molecule has 5 nitrogen and oxygen atoms in total. The Kier molecular flexibility index (Phi) is 3.30. The molecule has 0 aliphatic heterocycles. The van der Waals surface area contributed by atoms with Crippen molar-refractivity contribution in [2.75, 3.05) is 0 Å². The molecule has 1 heterocycles. The first-order valence-electron chi connectivity index (χ1n) is 7.02. The molecule has 0 atom stereocenters. The van der Waals surface area contributed by atoms with E-state index in [0.717, 1.165) is 10.8 Å². The zero-order valence-electron chi connectivity index (χ0n) is 12.7. The lowest BCUT2D eigenvalue weighted by atomic mass is 10.1. The molecule has 0 spiro atoms. The lowest BCUT2D eigenvalue weighted by Gasteiger charge is -2.18. The third-order valence-electron chi connectivity index (χ3n) is 3.32. The van der Waals surface area contributed by atoms with Gasteiger partial charge < -0.3 is 4.74 Å². The average molecular weight is 292 g/mol. The van der Waals surface area contributed by atoms with E-state index in [2.05, 4.69) is 16.4 Å². The van der Waals surface area contributed by atoms with Gasteiger partial charge in [0.1, 0.15) is 11.8 Å². The van der Waals surface area contributed by atoms with Crippen molar-refractivity contribution >= 4 is 10.8 Å². The molecule has 22 heavy (non-hydrogen) atoms. The summed E-state index contributed by atoms with van der Waals surface area (Å²) >= 11 is 0. The highest BCUT2D eigenvalue weighted by molar-refractivity contribution is 5.83. The first-order chi connectivity index (χ1) is 10.5. The number of ether oxygens (including phenoxy) is 1. The molecule has 3 aromatic rings. The van der Waals surface area contributed by atoms with Crippen LogP contribution in [0, 0.1) is 11.3 Å². The van der Waals surface area contributed by atoms with Crippen LogP contribution < -0.4 is 4.74 Å². The molecule has 0 unspecified atom stereocenters. The smallest absolute Gasteiger partial charge is 0.277 e. The lowest BCUT2D eigenvalue weighted by molar-refractivity contribution is 0.343. The minimum Gasteiger partial charge on any atom is -0.435 e. The Hall–Kier alpha value is -2.87. The monoisotopic (exact) mass is 292 g/mol. The van der Waals surface area contributed by atoms with E-state index in [9.17, 15) is 5.26 Å². The second kappa shape index (κ2) is 5.15. The highest BCUT2D eigenvalue weighted by Crippen LogP contribution is 2.28. The SMILES string of the molecule is CC(C)(C)n1nnc(Oc2ccc3ccccc3c2)c1C#N. The Morgan fingerprint density at radius 2 is 1.82 bits per heavy atom. The maximum Gasteiger partial charge on any atom is 0.277 e. The number of benzene rings is 2. The first-order valence-corrected chi connectivity index (χ1v) is 7.02. The van der Waals surface area contributed by atoms with Gasteiger partial charge in [0, 0.05) is 0 Å². The molecule has 2 aromatic carbocycles. The summed E-state index contributed by atoms with van der Waals surface area (Å²) in [5.41, 5.74) is -0.0102. The van der Waals surface area contributed by atoms with Crippen molar-refractivity contribution in [3.05, 3.63) is 48.2 Å². The Balaban J connectivity index is 1.99. The first kappa shape index (κ1) is 14.1. The summed E-state index contributed by atoms with van der Waals surface area (Å²) in [7, 11) is 0. The number of rotatable bonds is 2. The minimum absolute atomic E-state index is 0.229. The van der Waals surface area contributed by atoms with Crippen LogP contribution in [0.5, 0.6) is 11.6 Å². The number of hydrogen-bond donors (Lipinski definition) is 0. The number of hydrogen-bond acceptors (Lipinski definition) is 4. The topological polar surface area (TPSA) is 63.7 Å². The fourth-order valence-electron chi connectivity index (χ4n) is 2.24. The second-order valence-electron chi connectivity index (χ2n) is 6.05. The van der Waals surface area contributed by atoms with Gasteiger partial charge in [0.2, 0.25) is 5.69 Å². The third-order valence-corrected chi connectivity index (χ3v) is 3.32. The van der Waals surface area contributed by atoms with Crippen molar-refractivity contribution in [1.82, 2.24) is 15.0 Å². The summed E-state index contributed by atoms with van der Waals surface area (Å²) in [6, 6.07) is 15.9. The zero-order chi connectivity index (χ0) is 15.7. The molecule has 1 aromatic heterocycles. The van der Waals surface area contributed by atoms with Crippen molar-refractivity contribution in [2.24, 2.45) is 0 Å². The van der Waals surface area contributed by atoms with Crippen LogP contribution in [0.2, 0.25) is 0 Å². The van der Waals surface area contributed by atoms with Gasteiger partial charge >= 0.3 is 0 Å². The summed E-state index contributed by atoms with van der Waals surface area (Å²) in [6.07, 6.45) is 0. The highest BCUT2D eigenvalue weighted by atomic mass is 16.5. The maximum atomic E-state index is 9.37. The summed E-state index contributed by atoms with van der Waals surface area (Å²) in [5, 5.41) is 19.6. The van der Waals surface area contributed by atoms with Gasteiger partial charge in [-0.2, -0.15) is 5.26 Å². The van der Waals surface area contributed by atoms with Gasteiger partial charge in [0.25, 0.3) is 5.88 Å². The summed E-state index contributed by atoms with van der Waals surface area (Å²) in [6.45, 7) is 5.88. The zero-order valence-corrected chi connectivity index (χ0v) is 12.7. The Bertz CT molecular complexity index is 868. The van der Waals surface area contributed by atoms with Gasteiger partial charge in [0.15, 0.2) is 0 Å². The number of fused-ring (bicyclic) bond motifs is 1. The molecule has 3 rings (SSSR count). The van der Waals surface area contributed by atoms with E-state index in [0.29, 0.717) is 11.4 Å². The van der Waals surface area contributed by atoms with Crippen molar-refractivity contribution in [2.45, 2.75) is 26.3 Å². The summed E-state index contributed by atoms with van der Waals surface area (Å²) in [4.78, 5) is 0. The molecule has 0 aliphatic carbocycles. The van der Waals surface area contributed by atoms with Gasteiger partial charge in [-0.1, -0.05) is 40.6 Å². The van der Waals surface area contributed by atoms with Crippen molar-refractivity contribution in [1.29, 1.82) is 5.26 Å². The van der Waals surface area contributed by atoms with Gasteiger partial charge in [-0.15, -0.1) is 0 Å². The van der Waals surface area contributed by atoms with Crippen LogP contribution in [-0.2, 0) is 5.54 Å². The molecule has 0 fully saturated rings. The fourth-order valence-corrected chi connectivity index (χ4v) is 2.24. The fraction of sp³-hybridized carbons (Fsp3) is 0.235. The van der Waals surface area contributed by atoms with E-state index in [-0.39, 0.29) is 11.4 Å². The Morgan fingerprint density at radius 1 is 1.09 bits per heavy atom. The largest absolute Gasteiger partial charge is 0.435 e. The van der Waals surface area contributed by atoms with Crippen molar-refractivity contribution in [3.8, 4) is 17.7 Å². The van der Waals surface area contributed by atoms with Crippen LogP contribution in [0.25, 0.3) is 10.8 Å². The minimum atomic E-state index is -0.330. The molecule has 0 radical (unpaired) electrons. The van der Waals surface area contributed by atoms with E-state index >= 15 is 0 Å². The van der Waals surface area contributed by atoms with Crippen molar-refractivity contribution in [3.63, 3.8) is 0 Å². The van der Waals surface area contributed by atoms with Crippen LogP contribution in [0.3, 0.4) is 0 Å². The number of nitriles is 1. The maximum absolute atomic E-state index is 9.37. The molecule has 110 valence electrons. The molecule has 0 saturated heterocycles. The predicted octanol–water partition coefficient (Wildman–Crippen LogP) is 3.85.